The highest BCUT2D eigenvalue weighted by molar-refractivity contribution is 9.11. The Hall–Kier alpha value is -0.720. The summed E-state index contributed by atoms with van der Waals surface area (Å²) in [5.74, 6) is 0.0109. The maximum absolute atomic E-state index is 13.6. The smallest absolute Gasteiger partial charge is 0.149 e. The van der Waals surface area contributed by atoms with Crippen molar-refractivity contribution in [3.05, 3.63) is 44.4 Å². The van der Waals surface area contributed by atoms with Crippen LogP contribution in [0.25, 0.3) is 0 Å². The second-order valence-electron chi connectivity index (χ2n) is 3.05. The van der Waals surface area contributed by atoms with E-state index in [0.717, 1.165) is 0 Å². The average molecular weight is 381 g/mol. The number of rotatable bonds is 2. The molecule has 17 heavy (non-hydrogen) atoms. The lowest BCUT2D eigenvalue weighted by Crippen LogP contribution is -1.99. The van der Waals surface area contributed by atoms with Crippen molar-refractivity contribution in [2.45, 2.75) is 0 Å². The maximum atomic E-state index is 13.6. The third-order valence-electron chi connectivity index (χ3n) is 1.95. The molecule has 2 aromatic rings. The Balaban J connectivity index is 2.42. The quantitative estimate of drug-likeness (QED) is 0.777. The van der Waals surface area contributed by atoms with Gasteiger partial charge in [-0.3, -0.25) is 0 Å². The summed E-state index contributed by atoms with van der Waals surface area (Å²) in [4.78, 5) is 7.76. The van der Waals surface area contributed by atoms with Gasteiger partial charge >= 0.3 is 0 Å². The molecule has 7 heteroatoms. The summed E-state index contributed by atoms with van der Waals surface area (Å²) >= 11 is 12.3. The minimum Gasteiger partial charge on any atom is -0.336 e. The summed E-state index contributed by atoms with van der Waals surface area (Å²) in [6.07, 6.45) is 1.30. The van der Waals surface area contributed by atoms with E-state index in [2.05, 4.69) is 47.1 Å². The molecule has 0 radical (unpaired) electrons. The molecule has 0 amide bonds. The molecular formula is C10H5Br2ClFN3. The van der Waals surface area contributed by atoms with E-state index in [1.165, 1.54) is 12.4 Å². The molecule has 88 valence electrons. The summed E-state index contributed by atoms with van der Waals surface area (Å²) in [7, 11) is 0. The molecule has 1 aromatic heterocycles. The summed E-state index contributed by atoms with van der Waals surface area (Å²) in [5, 5.41) is 3.10. The monoisotopic (exact) mass is 379 g/mol. The van der Waals surface area contributed by atoms with E-state index in [1.807, 2.05) is 0 Å². The Bertz CT molecular complexity index is 545. The van der Waals surface area contributed by atoms with E-state index in [1.54, 1.807) is 12.1 Å². The predicted octanol–water partition coefficient (Wildman–Crippen LogP) is 4.54. The van der Waals surface area contributed by atoms with E-state index in [-0.39, 0.29) is 11.0 Å². The van der Waals surface area contributed by atoms with Gasteiger partial charge in [-0.25, -0.2) is 14.4 Å². The fraction of sp³-hybridized carbons (Fsp3) is 0. The van der Waals surface area contributed by atoms with Crippen molar-refractivity contribution < 1.29 is 4.39 Å². The van der Waals surface area contributed by atoms with Crippen LogP contribution in [0.1, 0.15) is 0 Å². The van der Waals surface area contributed by atoms with Crippen molar-refractivity contribution >= 4 is 55.0 Å². The Labute approximate surface area is 119 Å². The van der Waals surface area contributed by atoms with Crippen LogP contribution in [0.3, 0.4) is 0 Å². The van der Waals surface area contributed by atoms with Gasteiger partial charge in [-0.1, -0.05) is 17.7 Å². The summed E-state index contributed by atoms with van der Waals surface area (Å²) < 4.78 is 14.7. The third-order valence-corrected chi connectivity index (χ3v) is 3.88. The lowest BCUT2D eigenvalue weighted by molar-refractivity contribution is 0.631. The van der Waals surface area contributed by atoms with Gasteiger partial charge in [0.05, 0.1) is 10.2 Å². The van der Waals surface area contributed by atoms with Crippen LogP contribution in [0, 0.1) is 5.82 Å². The molecule has 3 nitrogen and oxygen atoms in total. The molecule has 1 heterocycles. The number of hydrogen-bond donors (Lipinski definition) is 1. The first kappa shape index (κ1) is 12.7. The molecule has 0 atom stereocenters. The number of benzene rings is 1. The minimum absolute atomic E-state index is 0.259. The third kappa shape index (κ3) is 2.75. The van der Waals surface area contributed by atoms with Gasteiger partial charge in [-0.15, -0.1) is 0 Å². The first-order valence-electron chi connectivity index (χ1n) is 4.46. The van der Waals surface area contributed by atoms with Crippen molar-refractivity contribution in [2.75, 3.05) is 5.32 Å². The summed E-state index contributed by atoms with van der Waals surface area (Å²) in [6, 6.07) is 4.68. The van der Waals surface area contributed by atoms with Gasteiger partial charge in [0.25, 0.3) is 0 Å². The van der Waals surface area contributed by atoms with Crippen LogP contribution in [-0.2, 0) is 0 Å². The van der Waals surface area contributed by atoms with Crippen molar-refractivity contribution in [1.29, 1.82) is 0 Å². The highest BCUT2D eigenvalue weighted by Crippen LogP contribution is 2.32. The summed E-state index contributed by atoms with van der Waals surface area (Å²) in [6.45, 7) is 0. The highest BCUT2D eigenvalue weighted by atomic mass is 79.9. The molecule has 0 aliphatic rings. The Morgan fingerprint density at radius 1 is 1.24 bits per heavy atom. The number of halogens is 4. The van der Waals surface area contributed by atoms with E-state index < -0.39 is 0 Å². The van der Waals surface area contributed by atoms with Crippen LogP contribution >= 0.6 is 43.5 Å². The molecule has 0 saturated heterocycles. The van der Waals surface area contributed by atoms with Gasteiger partial charge in [0.15, 0.2) is 0 Å². The molecule has 0 bridgehead atoms. The first-order valence-corrected chi connectivity index (χ1v) is 6.43. The zero-order valence-electron chi connectivity index (χ0n) is 8.22. The molecule has 0 unspecified atom stereocenters. The standard InChI is InChI=1S/C10H5Br2ClFN3/c11-5-2-1-3-6(14)8(5)17-10-7(12)9(13)15-4-16-10/h1-4H,(H,15,16,17). The zero-order valence-corrected chi connectivity index (χ0v) is 12.1. The minimum atomic E-state index is -0.388. The summed E-state index contributed by atoms with van der Waals surface area (Å²) in [5.41, 5.74) is 0.294. The molecule has 0 aliphatic carbocycles. The molecule has 0 fully saturated rings. The Morgan fingerprint density at radius 2 is 2.00 bits per heavy atom. The average Bonchev–Trinajstić information content (AvgIpc) is 2.29. The van der Waals surface area contributed by atoms with Crippen molar-refractivity contribution in [2.24, 2.45) is 0 Å². The number of para-hydroxylation sites is 1. The van der Waals surface area contributed by atoms with Gasteiger partial charge in [-0.05, 0) is 44.0 Å². The van der Waals surface area contributed by atoms with Crippen molar-refractivity contribution in [3.63, 3.8) is 0 Å². The van der Waals surface area contributed by atoms with Crippen molar-refractivity contribution in [1.82, 2.24) is 9.97 Å². The van der Waals surface area contributed by atoms with Gasteiger partial charge in [0.1, 0.15) is 23.1 Å². The maximum Gasteiger partial charge on any atom is 0.149 e. The first-order chi connectivity index (χ1) is 8.09. The van der Waals surface area contributed by atoms with E-state index in [0.29, 0.717) is 20.5 Å². The van der Waals surface area contributed by atoms with Gasteiger partial charge in [0.2, 0.25) is 0 Å². The Kier molecular flexibility index (Phi) is 3.96. The van der Waals surface area contributed by atoms with Crippen LogP contribution in [0.15, 0.2) is 33.5 Å². The topological polar surface area (TPSA) is 37.8 Å². The fourth-order valence-electron chi connectivity index (χ4n) is 1.17. The highest BCUT2D eigenvalue weighted by Gasteiger charge is 2.11. The van der Waals surface area contributed by atoms with E-state index >= 15 is 0 Å². The van der Waals surface area contributed by atoms with Crippen LogP contribution in [0.4, 0.5) is 15.9 Å². The second-order valence-corrected chi connectivity index (χ2v) is 5.05. The molecule has 0 aliphatic heterocycles. The van der Waals surface area contributed by atoms with Crippen LogP contribution in [0.2, 0.25) is 5.15 Å². The lowest BCUT2D eigenvalue weighted by atomic mass is 10.3. The van der Waals surface area contributed by atoms with Crippen LogP contribution in [0.5, 0.6) is 0 Å². The van der Waals surface area contributed by atoms with Gasteiger partial charge in [-0.2, -0.15) is 0 Å². The molecular weight excluding hydrogens is 376 g/mol. The largest absolute Gasteiger partial charge is 0.336 e. The Morgan fingerprint density at radius 3 is 2.71 bits per heavy atom. The molecule has 0 saturated carbocycles. The van der Waals surface area contributed by atoms with Gasteiger partial charge in [0, 0.05) is 4.47 Å². The number of nitrogens with one attached hydrogen (secondary N) is 1. The van der Waals surface area contributed by atoms with E-state index in [4.69, 9.17) is 11.6 Å². The number of nitrogens with zero attached hydrogens (tertiary/aromatic N) is 2. The zero-order chi connectivity index (χ0) is 12.4. The van der Waals surface area contributed by atoms with Crippen LogP contribution in [-0.4, -0.2) is 9.97 Å². The van der Waals surface area contributed by atoms with Crippen molar-refractivity contribution in [3.8, 4) is 0 Å². The predicted molar refractivity (Wildman–Crippen MR) is 72.1 cm³/mol. The van der Waals surface area contributed by atoms with E-state index in [9.17, 15) is 4.39 Å². The molecule has 1 N–H and O–H groups in total. The normalized spacial score (nSPS) is 10.4. The number of hydrogen-bond acceptors (Lipinski definition) is 3. The molecule has 0 spiro atoms. The fourth-order valence-corrected chi connectivity index (χ4v) is 2.05. The number of aromatic nitrogens is 2. The molecule has 1 aromatic carbocycles. The second kappa shape index (κ2) is 5.29. The number of anilines is 2. The molecule has 2 rings (SSSR count). The van der Waals surface area contributed by atoms with Crippen LogP contribution < -0.4 is 5.32 Å². The lowest BCUT2D eigenvalue weighted by Gasteiger charge is -2.10. The SMILES string of the molecule is Fc1cccc(Br)c1Nc1ncnc(Cl)c1Br. The van der Waals surface area contributed by atoms with Gasteiger partial charge < -0.3 is 5.32 Å².